The van der Waals surface area contributed by atoms with Crippen LogP contribution in [-0.2, 0) is 0 Å². The average molecular weight is 211 g/mol. The predicted octanol–water partition coefficient (Wildman–Crippen LogP) is 2.36. The van der Waals surface area contributed by atoms with Gasteiger partial charge in [0, 0.05) is 6.20 Å². The number of hydrogen-bond donors (Lipinski definition) is 0. The van der Waals surface area contributed by atoms with Crippen molar-refractivity contribution >= 4 is 0 Å². The lowest BCUT2D eigenvalue weighted by molar-refractivity contribution is 0.627. The highest BCUT2D eigenvalue weighted by Gasteiger charge is 2.08. The van der Waals surface area contributed by atoms with Crippen LogP contribution in [0, 0.1) is 28.5 Å². The van der Waals surface area contributed by atoms with Crippen LogP contribution in [0.4, 0.5) is 4.39 Å². The highest BCUT2D eigenvalue weighted by atomic mass is 19.1. The van der Waals surface area contributed by atoms with Crippen molar-refractivity contribution in [2.24, 2.45) is 0 Å². The van der Waals surface area contributed by atoms with E-state index in [4.69, 9.17) is 10.5 Å². The molecule has 0 aliphatic rings. The fourth-order valence-corrected chi connectivity index (χ4v) is 1.49. The molecule has 0 saturated carbocycles. The van der Waals surface area contributed by atoms with Crippen LogP contribution in [0.1, 0.15) is 11.3 Å². The molecule has 16 heavy (non-hydrogen) atoms. The van der Waals surface area contributed by atoms with Crippen molar-refractivity contribution in [2.45, 2.75) is 0 Å². The fraction of sp³-hybridized carbons (Fsp3) is 0. The van der Waals surface area contributed by atoms with Gasteiger partial charge in [-0.2, -0.15) is 10.5 Å². The lowest BCUT2D eigenvalue weighted by Gasteiger charge is -2.06. The Morgan fingerprint density at radius 1 is 1.12 bits per heavy atom. The normalized spacial score (nSPS) is 9.44. The zero-order chi connectivity index (χ0) is 11.5. The molecule has 0 atom stereocenters. The van der Waals surface area contributed by atoms with Gasteiger partial charge in [-0.05, 0) is 30.3 Å². The van der Waals surface area contributed by atoms with Gasteiger partial charge >= 0.3 is 0 Å². The maximum absolute atomic E-state index is 12.9. The third-order valence-electron chi connectivity index (χ3n) is 2.20. The number of benzene rings is 1. The van der Waals surface area contributed by atoms with E-state index in [0.29, 0.717) is 11.4 Å². The van der Waals surface area contributed by atoms with Crippen LogP contribution < -0.4 is 0 Å². The first-order valence-electron chi connectivity index (χ1n) is 4.53. The quantitative estimate of drug-likeness (QED) is 0.727. The molecule has 4 heteroatoms. The largest absolute Gasteiger partial charge is 0.307 e. The Balaban J connectivity index is 2.67. The summed E-state index contributed by atoms with van der Waals surface area (Å²) in [6, 6.07) is 11.1. The second kappa shape index (κ2) is 3.88. The molecule has 1 heterocycles. The minimum absolute atomic E-state index is 0.202. The first-order chi connectivity index (χ1) is 7.76. The minimum Gasteiger partial charge on any atom is -0.307 e. The van der Waals surface area contributed by atoms with Crippen molar-refractivity contribution in [3.63, 3.8) is 0 Å². The summed E-state index contributed by atoms with van der Waals surface area (Å²) in [6.07, 6.45) is 1.66. The summed E-state index contributed by atoms with van der Waals surface area (Å²) in [6.45, 7) is 0. The van der Waals surface area contributed by atoms with Gasteiger partial charge in [0.2, 0.25) is 0 Å². The Morgan fingerprint density at radius 2 is 1.94 bits per heavy atom. The number of nitriles is 2. The highest BCUT2D eigenvalue weighted by molar-refractivity contribution is 5.51. The van der Waals surface area contributed by atoms with Crippen molar-refractivity contribution in [3.8, 4) is 17.8 Å². The maximum Gasteiger partial charge on any atom is 0.124 e. The zero-order valence-corrected chi connectivity index (χ0v) is 8.18. The number of halogens is 1. The Bertz CT molecular complexity index is 614. The molecule has 0 aliphatic carbocycles. The van der Waals surface area contributed by atoms with Crippen molar-refractivity contribution in [3.05, 3.63) is 53.6 Å². The van der Waals surface area contributed by atoms with Gasteiger partial charge in [-0.3, -0.25) is 0 Å². The summed E-state index contributed by atoms with van der Waals surface area (Å²) >= 11 is 0. The second-order valence-electron chi connectivity index (χ2n) is 3.15. The van der Waals surface area contributed by atoms with Crippen molar-refractivity contribution < 1.29 is 4.39 Å². The summed E-state index contributed by atoms with van der Waals surface area (Å²) < 4.78 is 14.5. The van der Waals surface area contributed by atoms with Crippen molar-refractivity contribution in [1.29, 1.82) is 10.5 Å². The van der Waals surface area contributed by atoms with Gasteiger partial charge in [0.25, 0.3) is 0 Å². The van der Waals surface area contributed by atoms with Crippen LogP contribution in [0.25, 0.3) is 5.69 Å². The van der Waals surface area contributed by atoms with Crippen molar-refractivity contribution in [1.82, 2.24) is 4.57 Å². The molecule has 1 aromatic heterocycles. The summed E-state index contributed by atoms with van der Waals surface area (Å²) in [4.78, 5) is 0. The highest BCUT2D eigenvalue weighted by Crippen LogP contribution is 2.17. The Morgan fingerprint density at radius 3 is 2.62 bits per heavy atom. The summed E-state index contributed by atoms with van der Waals surface area (Å²) in [5, 5.41) is 17.8. The molecule has 0 amide bonds. The van der Waals surface area contributed by atoms with E-state index in [1.807, 2.05) is 12.1 Å². The number of rotatable bonds is 1. The monoisotopic (exact) mass is 211 g/mol. The van der Waals surface area contributed by atoms with Crippen LogP contribution in [0.15, 0.2) is 36.5 Å². The molecule has 0 spiro atoms. The van der Waals surface area contributed by atoms with Crippen molar-refractivity contribution in [2.75, 3.05) is 0 Å². The van der Waals surface area contributed by atoms with Crippen LogP contribution >= 0.6 is 0 Å². The van der Waals surface area contributed by atoms with E-state index in [2.05, 4.69) is 0 Å². The number of aromatic nitrogens is 1. The molecular formula is C12H6FN3. The fourth-order valence-electron chi connectivity index (χ4n) is 1.49. The molecule has 76 valence electrons. The average Bonchev–Trinajstić information content (AvgIpc) is 2.76. The molecule has 0 aliphatic heterocycles. The first-order valence-corrected chi connectivity index (χ1v) is 4.53. The third-order valence-corrected chi connectivity index (χ3v) is 2.20. The molecule has 2 aromatic rings. The Kier molecular flexibility index (Phi) is 2.41. The summed E-state index contributed by atoms with van der Waals surface area (Å²) in [7, 11) is 0. The summed E-state index contributed by atoms with van der Waals surface area (Å²) in [5.41, 5.74) is 1.11. The molecule has 0 unspecified atom stereocenters. The van der Waals surface area contributed by atoms with Gasteiger partial charge in [-0.15, -0.1) is 0 Å². The number of nitrogens with zero attached hydrogens (tertiary/aromatic N) is 3. The van der Waals surface area contributed by atoms with Crippen LogP contribution in [0.5, 0.6) is 0 Å². The van der Waals surface area contributed by atoms with E-state index in [0.717, 1.165) is 6.07 Å². The molecule has 0 bridgehead atoms. The standard InChI is InChI=1S/C12H6FN3/c13-10-3-4-12(9(6-10)7-14)16-5-1-2-11(16)8-15/h1-6H. The van der Waals surface area contributed by atoms with Gasteiger partial charge < -0.3 is 4.57 Å². The van der Waals surface area contributed by atoms with Gasteiger partial charge in [0.1, 0.15) is 23.6 Å². The minimum atomic E-state index is -0.467. The van der Waals surface area contributed by atoms with E-state index < -0.39 is 5.82 Å². The van der Waals surface area contributed by atoms with E-state index in [1.54, 1.807) is 22.9 Å². The van der Waals surface area contributed by atoms with Crippen LogP contribution in [0.2, 0.25) is 0 Å². The Hall–Kier alpha value is -2.59. The SMILES string of the molecule is N#Cc1cc(F)ccc1-n1cccc1C#N. The zero-order valence-electron chi connectivity index (χ0n) is 8.18. The van der Waals surface area contributed by atoms with Gasteiger partial charge in [0.05, 0.1) is 11.3 Å². The van der Waals surface area contributed by atoms with E-state index in [-0.39, 0.29) is 5.56 Å². The molecule has 3 nitrogen and oxygen atoms in total. The first kappa shape index (κ1) is 9.95. The molecule has 1 aromatic carbocycles. The van der Waals surface area contributed by atoms with Crippen LogP contribution in [0.3, 0.4) is 0 Å². The molecule has 0 fully saturated rings. The van der Waals surface area contributed by atoms with E-state index in [9.17, 15) is 4.39 Å². The van der Waals surface area contributed by atoms with Crippen LogP contribution in [-0.4, -0.2) is 4.57 Å². The van der Waals surface area contributed by atoms with Gasteiger partial charge in [-0.25, -0.2) is 4.39 Å². The second-order valence-corrected chi connectivity index (χ2v) is 3.15. The maximum atomic E-state index is 12.9. The smallest absolute Gasteiger partial charge is 0.124 e. The topological polar surface area (TPSA) is 52.5 Å². The van der Waals surface area contributed by atoms with E-state index >= 15 is 0 Å². The van der Waals surface area contributed by atoms with Gasteiger partial charge in [0.15, 0.2) is 0 Å². The molecule has 0 saturated heterocycles. The molecular weight excluding hydrogens is 205 g/mol. The lowest BCUT2D eigenvalue weighted by Crippen LogP contribution is -1.99. The predicted molar refractivity (Wildman–Crippen MR) is 55.2 cm³/mol. The third kappa shape index (κ3) is 1.53. The molecule has 2 rings (SSSR count). The van der Waals surface area contributed by atoms with E-state index in [1.165, 1.54) is 12.1 Å². The van der Waals surface area contributed by atoms with Gasteiger partial charge in [-0.1, -0.05) is 0 Å². The molecule has 0 radical (unpaired) electrons. The Labute approximate surface area is 91.6 Å². The molecule has 0 N–H and O–H groups in total. The summed E-state index contributed by atoms with van der Waals surface area (Å²) in [5.74, 6) is -0.467. The lowest BCUT2D eigenvalue weighted by atomic mass is 10.2. The number of hydrogen-bond acceptors (Lipinski definition) is 2.